The lowest BCUT2D eigenvalue weighted by molar-refractivity contribution is -0.143. The molecule has 0 atom stereocenters. The molecule has 5 rings (SSSR count). The Morgan fingerprint density at radius 2 is 1.92 bits per heavy atom. The third kappa shape index (κ3) is 4.62. The number of nitrogens with zero attached hydrogens (tertiary/aromatic N) is 8. The Morgan fingerprint density at radius 3 is 2.67 bits per heavy atom. The Balaban J connectivity index is 0.00000370. The first kappa shape index (κ1) is 25.0. The number of nitriles is 1. The summed E-state index contributed by atoms with van der Waals surface area (Å²) in [7, 11) is 1.16. The number of anilines is 1. The van der Waals surface area contributed by atoms with Crippen LogP contribution < -0.4 is 5.32 Å². The van der Waals surface area contributed by atoms with Gasteiger partial charge in [0.2, 0.25) is 0 Å². The Morgan fingerprint density at radius 1 is 1.10 bits per heavy atom. The van der Waals surface area contributed by atoms with E-state index < -0.39 is 29.3 Å². The van der Waals surface area contributed by atoms with Crippen molar-refractivity contribution in [1.29, 1.82) is 5.26 Å². The molecular formula is C24H16F3N9O3. The number of fused-ring (bicyclic) bond motifs is 1. The quantitative estimate of drug-likeness (QED) is 0.333. The van der Waals surface area contributed by atoms with Crippen LogP contribution >= 0.6 is 0 Å². The van der Waals surface area contributed by atoms with Crippen molar-refractivity contribution in [2.45, 2.75) is 6.18 Å². The third-order valence-corrected chi connectivity index (χ3v) is 5.45. The molecule has 0 aliphatic heterocycles. The number of rotatable bonds is 5. The molecule has 0 saturated carbocycles. The summed E-state index contributed by atoms with van der Waals surface area (Å²) >= 11 is 0. The van der Waals surface area contributed by atoms with Crippen molar-refractivity contribution in [3.63, 3.8) is 0 Å². The number of alkyl halides is 3. The summed E-state index contributed by atoms with van der Waals surface area (Å²) in [5.41, 5.74) is -1.85. The smallest absolute Gasteiger partial charge is 0.434 e. The number of aromatic nitrogens is 7. The average molecular weight is 535 g/mol. The normalized spacial score (nSPS) is 11.3. The molecule has 0 aliphatic rings. The molecule has 1 aromatic carbocycles. The highest BCUT2D eigenvalue weighted by Gasteiger charge is 2.41. The van der Waals surface area contributed by atoms with Gasteiger partial charge in [-0.3, -0.25) is 9.78 Å². The molecule has 4 aromatic heterocycles. The molecule has 4 heterocycles. The highest BCUT2D eigenvalue weighted by atomic mass is 19.4. The van der Waals surface area contributed by atoms with Crippen molar-refractivity contribution in [3.8, 4) is 17.6 Å². The van der Waals surface area contributed by atoms with E-state index in [2.05, 4.69) is 35.3 Å². The molecule has 0 fully saturated rings. The zero-order valence-corrected chi connectivity index (χ0v) is 19.7. The minimum absolute atomic E-state index is 0. The van der Waals surface area contributed by atoms with Gasteiger partial charge in [-0.05, 0) is 30.3 Å². The van der Waals surface area contributed by atoms with Gasteiger partial charge in [0.05, 0.1) is 48.2 Å². The minimum atomic E-state index is -4.95. The van der Waals surface area contributed by atoms with Crippen LogP contribution in [0.4, 0.5) is 18.9 Å². The van der Waals surface area contributed by atoms with E-state index in [1.54, 1.807) is 18.2 Å². The molecule has 5 aromatic rings. The lowest BCUT2D eigenvalue weighted by Crippen LogP contribution is -2.21. The third-order valence-electron chi connectivity index (χ3n) is 5.45. The summed E-state index contributed by atoms with van der Waals surface area (Å²) in [6.07, 6.45) is -0.428. The number of amides is 1. The van der Waals surface area contributed by atoms with Gasteiger partial charge >= 0.3 is 12.1 Å². The van der Waals surface area contributed by atoms with Crippen LogP contribution in [0.3, 0.4) is 0 Å². The molecule has 0 unspecified atom stereocenters. The van der Waals surface area contributed by atoms with Crippen molar-refractivity contribution < 1.29 is 28.9 Å². The van der Waals surface area contributed by atoms with Crippen molar-refractivity contribution in [2.75, 3.05) is 12.4 Å². The van der Waals surface area contributed by atoms with E-state index >= 15 is 0 Å². The summed E-state index contributed by atoms with van der Waals surface area (Å²) in [5.74, 6) is -1.97. The highest BCUT2D eigenvalue weighted by molar-refractivity contribution is 6.05. The molecule has 0 aliphatic carbocycles. The molecule has 0 spiro atoms. The number of esters is 1. The predicted octanol–water partition coefficient (Wildman–Crippen LogP) is 3.57. The zero-order chi connectivity index (χ0) is 27.7. The Hall–Kier alpha value is -5.65. The molecule has 1 amide bonds. The first-order valence-electron chi connectivity index (χ1n) is 10.9. The van der Waals surface area contributed by atoms with Gasteiger partial charge in [-0.25, -0.2) is 14.5 Å². The molecule has 0 bridgehead atoms. The van der Waals surface area contributed by atoms with Crippen molar-refractivity contribution in [1.82, 2.24) is 34.7 Å². The van der Waals surface area contributed by atoms with Gasteiger partial charge in [-0.1, -0.05) is 6.07 Å². The van der Waals surface area contributed by atoms with Crippen LogP contribution in [0.15, 0.2) is 61.2 Å². The monoisotopic (exact) mass is 535 g/mol. The van der Waals surface area contributed by atoms with E-state index in [0.717, 1.165) is 30.5 Å². The summed E-state index contributed by atoms with van der Waals surface area (Å²) in [4.78, 5) is 33.7. The van der Waals surface area contributed by atoms with E-state index in [4.69, 9.17) is 0 Å². The Bertz CT molecular complexity index is 1790. The number of pyridine rings is 2. The van der Waals surface area contributed by atoms with Crippen LogP contribution in [-0.2, 0) is 10.9 Å². The van der Waals surface area contributed by atoms with Crippen molar-refractivity contribution in [3.05, 3.63) is 83.7 Å². The second-order valence-electron chi connectivity index (χ2n) is 7.84. The number of ether oxygens (including phenoxy) is 1. The number of carbonyl (C=O) groups excluding carboxylic acids is 2. The first-order chi connectivity index (χ1) is 18.7. The van der Waals surface area contributed by atoms with Gasteiger partial charge in [0.15, 0.2) is 17.2 Å². The Labute approximate surface area is 217 Å². The summed E-state index contributed by atoms with van der Waals surface area (Å²) in [6.45, 7) is 0. The molecule has 0 saturated heterocycles. The number of benzene rings is 1. The highest BCUT2D eigenvalue weighted by Crippen LogP contribution is 2.35. The van der Waals surface area contributed by atoms with Crippen LogP contribution in [0.2, 0.25) is 0 Å². The fourth-order valence-corrected chi connectivity index (χ4v) is 3.77. The molecule has 15 heteroatoms. The number of nitrogens with one attached hydrogen (secondary N) is 1. The maximum absolute atomic E-state index is 14.2. The van der Waals surface area contributed by atoms with Gasteiger partial charge in [0.1, 0.15) is 11.6 Å². The fourth-order valence-electron chi connectivity index (χ4n) is 3.77. The van der Waals surface area contributed by atoms with Gasteiger partial charge < -0.3 is 10.1 Å². The van der Waals surface area contributed by atoms with Crippen molar-refractivity contribution >= 4 is 28.5 Å². The maximum Gasteiger partial charge on any atom is 0.434 e. The maximum atomic E-state index is 14.2. The van der Waals surface area contributed by atoms with Gasteiger partial charge in [-0.15, -0.1) is 9.90 Å². The van der Waals surface area contributed by atoms with E-state index in [-0.39, 0.29) is 29.9 Å². The summed E-state index contributed by atoms with van der Waals surface area (Å²) in [6, 6.07) is 10.8. The molecule has 196 valence electrons. The van der Waals surface area contributed by atoms with E-state index in [1.807, 2.05) is 6.07 Å². The zero-order valence-electron chi connectivity index (χ0n) is 19.7. The number of halogens is 3. The molecular weight excluding hydrogens is 519 g/mol. The second kappa shape index (κ2) is 9.67. The second-order valence-corrected chi connectivity index (χ2v) is 7.84. The largest absolute Gasteiger partial charge is 0.464 e. The molecule has 12 nitrogen and oxygen atoms in total. The van der Waals surface area contributed by atoms with E-state index in [0.29, 0.717) is 15.6 Å². The standard InChI is InChI=1S/C24H14F3N9O3.H2/c1-39-23(38)18-12-32-36(34-18)21-13(9-28)8-14(10-30-21)33-22(37)16-11-31-35(20(16)24(25,26)27)19-6-2-5-17-15(19)4-3-7-29-17;/h2-8,10-12H,1H3,(H,33,37);1H. The molecule has 1 N–H and O–H groups in total. The van der Waals surface area contributed by atoms with Crippen LogP contribution in [0.1, 0.15) is 33.5 Å². The Kier molecular flexibility index (Phi) is 6.20. The van der Waals surface area contributed by atoms with Crippen LogP contribution in [0.25, 0.3) is 22.4 Å². The lowest BCUT2D eigenvalue weighted by Gasteiger charge is -2.14. The van der Waals surface area contributed by atoms with Gasteiger partial charge in [0.25, 0.3) is 5.91 Å². The summed E-state index contributed by atoms with van der Waals surface area (Å²) in [5, 5.41) is 23.9. The number of hydrogen-bond acceptors (Lipinski definition) is 9. The van der Waals surface area contributed by atoms with Crippen LogP contribution in [0, 0.1) is 11.3 Å². The first-order valence-corrected chi connectivity index (χ1v) is 10.9. The van der Waals surface area contributed by atoms with Crippen LogP contribution in [-0.4, -0.2) is 53.7 Å². The van der Waals surface area contributed by atoms with Crippen LogP contribution in [0.5, 0.6) is 0 Å². The predicted molar refractivity (Wildman–Crippen MR) is 129 cm³/mol. The molecule has 0 radical (unpaired) electrons. The van der Waals surface area contributed by atoms with E-state index in [1.165, 1.54) is 24.4 Å². The fraction of sp³-hybridized carbons (Fsp3) is 0.0833. The average Bonchev–Trinajstić information content (AvgIpc) is 3.60. The number of carbonyl (C=O) groups is 2. The molecule has 39 heavy (non-hydrogen) atoms. The number of hydrogen-bond donors (Lipinski definition) is 1. The van der Waals surface area contributed by atoms with Crippen molar-refractivity contribution in [2.24, 2.45) is 0 Å². The topological polar surface area (TPSA) is 154 Å². The van der Waals surface area contributed by atoms with Gasteiger partial charge in [-0.2, -0.15) is 28.6 Å². The van der Waals surface area contributed by atoms with E-state index in [9.17, 15) is 28.0 Å². The SMILES string of the molecule is COC(=O)c1cnn(-c2ncc(NC(=O)c3cnn(-c4cccc5ncccc45)c3C(F)(F)F)cc2C#N)n1.[HH]. The number of methoxy groups -OCH3 is 1. The van der Waals surface area contributed by atoms with Gasteiger partial charge in [0, 0.05) is 13.0 Å². The minimum Gasteiger partial charge on any atom is -0.464 e. The summed E-state index contributed by atoms with van der Waals surface area (Å²) < 4.78 is 47.8. The lowest BCUT2D eigenvalue weighted by atomic mass is 10.1.